The Morgan fingerprint density at radius 1 is 1.21 bits per heavy atom. The number of aliphatic hydroxyl groups is 1. The average molecular weight is 462 g/mol. The zero-order valence-electron chi connectivity index (χ0n) is 17.8. The highest BCUT2D eigenvalue weighted by Crippen LogP contribution is 2.32. The number of nitrogens with zero attached hydrogens (tertiary/aromatic N) is 1. The summed E-state index contributed by atoms with van der Waals surface area (Å²) in [7, 11) is 0. The van der Waals surface area contributed by atoms with E-state index in [1.165, 1.54) is 11.1 Å². The molecule has 2 atom stereocenters. The molecule has 3 rings (SSSR count). The van der Waals surface area contributed by atoms with Crippen molar-refractivity contribution in [2.24, 2.45) is 0 Å². The molecule has 1 heterocycles. The van der Waals surface area contributed by atoms with Crippen LogP contribution in [0, 0.1) is 6.92 Å². The lowest BCUT2D eigenvalue weighted by molar-refractivity contribution is -0.0460. The fourth-order valence-corrected chi connectivity index (χ4v) is 3.90. The molecule has 1 aliphatic heterocycles. The Labute approximate surface area is 183 Å². The fourth-order valence-electron chi connectivity index (χ4n) is 3.64. The molecule has 0 bridgehead atoms. The van der Waals surface area contributed by atoms with Crippen LogP contribution in [0.4, 0.5) is 0 Å². The minimum Gasteiger partial charge on any atom is -0.491 e. The summed E-state index contributed by atoms with van der Waals surface area (Å²) >= 11 is 3.47. The first-order valence-corrected chi connectivity index (χ1v) is 11.0. The van der Waals surface area contributed by atoms with Gasteiger partial charge in [0.15, 0.2) is 0 Å². The van der Waals surface area contributed by atoms with Crippen molar-refractivity contribution >= 4 is 15.9 Å². The normalized spacial score (nSPS) is 19.2. The van der Waals surface area contributed by atoms with Gasteiger partial charge in [-0.3, -0.25) is 4.90 Å². The smallest absolute Gasteiger partial charge is 0.123 e. The van der Waals surface area contributed by atoms with Crippen molar-refractivity contribution in [1.82, 2.24) is 4.90 Å². The lowest BCUT2D eigenvalue weighted by Gasteiger charge is -2.34. The summed E-state index contributed by atoms with van der Waals surface area (Å²) in [4.78, 5) is 2.25. The van der Waals surface area contributed by atoms with E-state index in [1.54, 1.807) is 0 Å². The van der Waals surface area contributed by atoms with Crippen LogP contribution in [0.2, 0.25) is 0 Å². The lowest BCUT2D eigenvalue weighted by atomic mass is 9.85. The van der Waals surface area contributed by atoms with Crippen LogP contribution in [-0.4, -0.2) is 49.0 Å². The number of halogens is 1. The van der Waals surface area contributed by atoms with E-state index < -0.39 is 6.10 Å². The van der Waals surface area contributed by atoms with Crippen LogP contribution in [0.1, 0.15) is 43.6 Å². The number of β-amino-alcohol motifs (C(OH)–C–C–N with tert-alkyl or cyclic N) is 1. The van der Waals surface area contributed by atoms with Crippen molar-refractivity contribution in [2.45, 2.75) is 45.3 Å². The summed E-state index contributed by atoms with van der Waals surface area (Å²) < 4.78 is 13.0. The lowest BCUT2D eigenvalue weighted by Crippen LogP contribution is -2.43. The average Bonchev–Trinajstić information content (AvgIpc) is 2.67. The van der Waals surface area contributed by atoms with Crippen molar-refractivity contribution in [3.63, 3.8) is 0 Å². The fraction of sp³-hybridized carbons (Fsp3) is 0.500. The maximum Gasteiger partial charge on any atom is 0.123 e. The van der Waals surface area contributed by atoms with E-state index in [-0.39, 0.29) is 18.1 Å². The van der Waals surface area contributed by atoms with Crippen molar-refractivity contribution in [2.75, 3.05) is 32.8 Å². The molecular weight excluding hydrogens is 430 g/mol. The molecule has 0 aliphatic carbocycles. The maximum absolute atomic E-state index is 10.6. The molecule has 1 aliphatic rings. The Morgan fingerprint density at radius 3 is 2.62 bits per heavy atom. The molecule has 0 radical (unpaired) electrons. The molecule has 29 heavy (non-hydrogen) atoms. The van der Waals surface area contributed by atoms with Gasteiger partial charge in [-0.1, -0.05) is 66.5 Å². The van der Waals surface area contributed by atoms with Gasteiger partial charge in [-0.2, -0.15) is 0 Å². The van der Waals surface area contributed by atoms with Gasteiger partial charge in [-0.15, -0.1) is 0 Å². The highest BCUT2D eigenvalue weighted by molar-refractivity contribution is 9.10. The molecule has 2 unspecified atom stereocenters. The second-order valence-electron chi connectivity index (χ2n) is 8.89. The van der Waals surface area contributed by atoms with Gasteiger partial charge in [0, 0.05) is 24.1 Å². The van der Waals surface area contributed by atoms with E-state index >= 15 is 0 Å². The van der Waals surface area contributed by atoms with Gasteiger partial charge in [0.2, 0.25) is 0 Å². The second-order valence-corrected chi connectivity index (χ2v) is 9.80. The number of benzene rings is 2. The van der Waals surface area contributed by atoms with Gasteiger partial charge < -0.3 is 14.6 Å². The summed E-state index contributed by atoms with van der Waals surface area (Å²) in [5.41, 5.74) is 3.55. The zero-order valence-corrected chi connectivity index (χ0v) is 19.4. The third-order valence-electron chi connectivity index (χ3n) is 5.24. The van der Waals surface area contributed by atoms with Crippen molar-refractivity contribution < 1.29 is 14.6 Å². The molecule has 0 amide bonds. The SMILES string of the molecule is Cc1ccc(OCC(O)CN2CCOC(c3ccc(Br)cc3)C2)c(C(C)(C)C)c1. The van der Waals surface area contributed by atoms with Crippen molar-refractivity contribution in [3.8, 4) is 5.75 Å². The summed E-state index contributed by atoms with van der Waals surface area (Å²) in [6, 6.07) is 14.5. The molecule has 2 aromatic rings. The Bertz CT molecular complexity index is 801. The quantitative estimate of drug-likeness (QED) is 0.666. The summed E-state index contributed by atoms with van der Waals surface area (Å²) in [5.74, 6) is 0.858. The van der Waals surface area contributed by atoms with Gasteiger partial charge in [0.1, 0.15) is 18.5 Å². The molecule has 2 aromatic carbocycles. The van der Waals surface area contributed by atoms with E-state index in [9.17, 15) is 5.11 Å². The van der Waals surface area contributed by atoms with Gasteiger partial charge in [0.05, 0.1) is 12.7 Å². The van der Waals surface area contributed by atoms with Crippen LogP contribution in [0.5, 0.6) is 5.75 Å². The standard InChI is InChI=1S/C24H32BrNO3/c1-17-5-10-22(21(13-17)24(2,3)4)29-16-20(27)14-26-11-12-28-23(15-26)18-6-8-19(25)9-7-18/h5-10,13,20,23,27H,11-12,14-16H2,1-4H3. The van der Waals surface area contributed by atoms with E-state index in [4.69, 9.17) is 9.47 Å². The minimum absolute atomic E-state index is 0.00554. The molecule has 0 saturated carbocycles. The van der Waals surface area contributed by atoms with Crippen LogP contribution in [0.15, 0.2) is 46.9 Å². The molecule has 0 spiro atoms. The van der Waals surface area contributed by atoms with Crippen LogP contribution >= 0.6 is 15.9 Å². The van der Waals surface area contributed by atoms with Crippen molar-refractivity contribution in [1.29, 1.82) is 0 Å². The van der Waals surface area contributed by atoms with Crippen LogP contribution < -0.4 is 4.74 Å². The van der Waals surface area contributed by atoms with Gasteiger partial charge in [-0.25, -0.2) is 0 Å². The molecular formula is C24H32BrNO3. The number of hydrogen-bond donors (Lipinski definition) is 1. The molecule has 4 nitrogen and oxygen atoms in total. The molecule has 1 saturated heterocycles. The third-order valence-corrected chi connectivity index (χ3v) is 5.76. The molecule has 1 N–H and O–H groups in total. The van der Waals surface area contributed by atoms with E-state index in [0.717, 1.165) is 28.9 Å². The van der Waals surface area contributed by atoms with E-state index in [2.05, 4.69) is 72.8 Å². The maximum atomic E-state index is 10.6. The Hall–Kier alpha value is -1.40. The van der Waals surface area contributed by atoms with E-state index in [1.807, 2.05) is 18.2 Å². The summed E-state index contributed by atoms with van der Waals surface area (Å²) in [5, 5.41) is 10.6. The Kier molecular flexibility index (Phi) is 7.38. The predicted molar refractivity (Wildman–Crippen MR) is 121 cm³/mol. The minimum atomic E-state index is -0.548. The number of aliphatic hydroxyl groups excluding tert-OH is 1. The highest BCUT2D eigenvalue weighted by Gasteiger charge is 2.24. The zero-order chi connectivity index (χ0) is 21.0. The summed E-state index contributed by atoms with van der Waals surface area (Å²) in [6.45, 7) is 11.8. The number of ether oxygens (including phenoxy) is 2. The topological polar surface area (TPSA) is 41.9 Å². The van der Waals surface area contributed by atoms with Crippen LogP contribution in [0.25, 0.3) is 0 Å². The van der Waals surface area contributed by atoms with E-state index in [0.29, 0.717) is 13.2 Å². The second kappa shape index (κ2) is 9.61. The predicted octanol–water partition coefficient (Wildman–Crippen LogP) is 4.87. The number of aryl methyl sites for hydroxylation is 1. The van der Waals surface area contributed by atoms with Gasteiger partial charge in [-0.05, 0) is 41.7 Å². The van der Waals surface area contributed by atoms with Gasteiger partial charge in [0.25, 0.3) is 0 Å². The monoisotopic (exact) mass is 461 g/mol. The third kappa shape index (κ3) is 6.29. The number of rotatable bonds is 6. The Morgan fingerprint density at radius 2 is 1.93 bits per heavy atom. The number of morpholine rings is 1. The van der Waals surface area contributed by atoms with Crippen LogP contribution in [0.3, 0.4) is 0 Å². The molecule has 0 aromatic heterocycles. The highest BCUT2D eigenvalue weighted by atomic mass is 79.9. The van der Waals surface area contributed by atoms with Crippen LogP contribution in [-0.2, 0) is 10.2 Å². The first-order valence-electron chi connectivity index (χ1n) is 10.2. The Balaban J connectivity index is 1.56. The molecule has 158 valence electrons. The first-order chi connectivity index (χ1) is 13.7. The first kappa shape index (κ1) is 22.3. The number of hydrogen-bond acceptors (Lipinski definition) is 4. The van der Waals surface area contributed by atoms with Crippen molar-refractivity contribution in [3.05, 3.63) is 63.6 Å². The largest absolute Gasteiger partial charge is 0.491 e. The molecule has 1 fully saturated rings. The summed E-state index contributed by atoms with van der Waals surface area (Å²) in [6.07, 6.45) is -0.512. The molecule has 5 heteroatoms. The van der Waals surface area contributed by atoms with Gasteiger partial charge >= 0.3 is 0 Å².